The van der Waals surface area contributed by atoms with E-state index < -0.39 is 34.1 Å². The van der Waals surface area contributed by atoms with E-state index in [0.717, 1.165) is 9.87 Å². The van der Waals surface area contributed by atoms with E-state index in [1.807, 2.05) is 39.8 Å². The Morgan fingerprint density at radius 3 is 2.17 bits per heavy atom. The molecule has 214 valence electrons. The third-order valence-electron chi connectivity index (χ3n) is 6.10. The molecule has 0 aliphatic heterocycles. The second-order valence-corrected chi connectivity index (χ2v) is 13.1. The highest BCUT2D eigenvalue weighted by Gasteiger charge is 2.34. The molecule has 0 saturated heterocycles. The van der Waals surface area contributed by atoms with Crippen LogP contribution in [0.25, 0.3) is 0 Å². The fourth-order valence-electron chi connectivity index (χ4n) is 4.18. The lowest BCUT2D eigenvalue weighted by atomic mass is 10.1. The summed E-state index contributed by atoms with van der Waals surface area (Å²) in [5.41, 5.74) is 0.581. The van der Waals surface area contributed by atoms with E-state index in [0.29, 0.717) is 22.3 Å². The summed E-state index contributed by atoms with van der Waals surface area (Å²) in [7, 11) is -2.55. The van der Waals surface area contributed by atoms with Gasteiger partial charge in [-0.3, -0.25) is 13.9 Å². The van der Waals surface area contributed by atoms with Crippen molar-refractivity contribution in [1.82, 2.24) is 10.2 Å². The van der Waals surface area contributed by atoms with Gasteiger partial charge in [0.25, 0.3) is 10.0 Å². The van der Waals surface area contributed by atoms with Gasteiger partial charge in [0.15, 0.2) is 0 Å². The first-order valence-electron chi connectivity index (χ1n) is 12.9. The van der Waals surface area contributed by atoms with E-state index >= 15 is 0 Å². The van der Waals surface area contributed by atoms with E-state index in [9.17, 15) is 18.0 Å². The van der Waals surface area contributed by atoms with Crippen molar-refractivity contribution in [2.75, 3.05) is 18.0 Å². The number of halogens is 1. The summed E-state index contributed by atoms with van der Waals surface area (Å²) in [4.78, 5) is 29.0. The molecule has 3 aromatic carbocycles. The maximum absolute atomic E-state index is 14.1. The van der Waals surface area contributed by atoms with Crippen LogP contribution in [0.3, 0.4) is 0 Å². The standard InChI is InChI=1S/C30H36BrN3O5S/c1-6-27(29(36)32-30(2,3)4)33(20-22-15-17-25(39-5)18-16-22)28(35)21-34(24-12-10-11-23(31)19-24)40(37,38)26-13-8-7-9-14-26/h7-19,27H,6,20-21H2,1-5H3,(H,32,36)/t27-/m1/s1. The van der Waals surface area contributed by atoms with Crippen LogP contribution in [0.1, 0.15) is 39.7 Å². The summed E-state index contributed by atoms with van der Waals surface area (Å²) in [6.45, 7) is 7.05. The van der Waals surface area contributed by atoms with Crippen molar-refractivity contribution < 1.29 is 22.7 Å². The molecule has 1 N–H and O–H groups in total. The van der Waals surface area contributed by atoms with Crippen LogP contribution in [0.4, 0.5) is 5.69 Å². The van der Waals surface area contributed by atoms with Crippen molar-refractivity contribution in [3.05, 3.63) is 88.9 Å². The molecule has 40 heavy (non-hydrogen) atoms. The molecule has 0 aliphatic rings. The minimum atomic E-state index is -4.11. The Morgan fingerprint density at radius 1 is 0.975 bits per heavy atom. The molecule has 1 atom stereocenters. The number of carbonyl (C=O) groups is 2. The number of nitrogens with zero attached hydrogens (tertiary/aromatic N) is 2. The van der Waals surface area contributed by atoms with Crippen molar-refractivity contribution in [2.45, 2.75) is 57.1 Å². The predicted molar refractivity (Wildman–Crippen MR) is 161 cm³/mol. The molecule has 0 spiro atoms. The first-order valence-corrected chi connectivity index (χ1v) is 15.2. The monoisotopic (exact) mass is 629 g/mol. The van der Waals surface area contributed by atoms with Gasteiger partial charge in [0.1, 0.15) is 18.3 Å². The molecule has 10 heteroatoms. The summed E-state index contributed by atoms with van der Waals surface area (Å²) in [5, 5.41) is 2.97. The van der Waals surface area contributed by atoms with E-state index in [1.54, 1.807) is 61.7 Å². The average Bonchev–Trinajstić information content (AvgIpc) is 2.91. The van der Waals surface area contributed by atoms with Crippen LogP contribution in [0.15, 0.2) is 88.2 Å². The molecule has 2 amide bonds. The lowest BCUT2D eigenvalue weighted by molar-refractivity contribution is -0.141. The third-order valence-corrected chi connectivity index (χ3v) is 8.38. The Morgan fingerprint density at radius 2 is 1.62 bits per heavy atom. The van der Waals surface area contributed by atoms with Gasteiger partial charge in [0.2, 0.25) is 11.8 Å². The average molecular weight is 631 g/mol. The fraction of sp³-hybridized carbons (Fsp3) is 0.333. The number of sulfonamides is 1. The van der Waals surface area contributed by atoms with Crippen molar-refractivity contribution in [3.63, 3.8) is 0 Å². The van der Waals surface area contributed by atoms with E-state index in [4.69, 9.17) is 4.74 Å². The zero-order valence-corrected chi connectivity index (χ0v) is 25.8. The second kappa shape index (κ2) is 13.3. The highest BCUT2D eigenvalue weighted by Crippen LogP contribution is 2.27. The van der Waals surface area contributed by atoms with Crippen LogP contribution in [0.5, 0.6) is 5.75 Å². The predicted octanol–water partition coefficient (Wildman–Crippen LogP) is 5.38. The number of amides is 2. The Balaban J connectivity index is 2.06. The number of benzene rings is 3. The van der Waals surface area contributed by atoms with Crippen LogP contribution in [-0.2, 0) is 26.2 Å². The smallest absolute Gasteiger partial charge is 0.264 e. The SMILES string of the molecule is CC[C@H](C(=O)NC(C)(C)C)N(Cc1ccc(OC)cc1)C(=O)CN(c1cccc(Br)c1)S(=O)(=O)c1ccccc1. The van der Waals surface area contributed by atoms with Crippen molar-refractivity contribution in [2.24, 2.45) is 0 Å². The molecular formula is C30H36BrN3O5S. The highest BCUT2D eigenvalue weighted by molar-refractivity contribution is 9.10. The van der Waals surface area contributed by atoms with E-state index in [1.165, 1.54) is 17.0 Å². The normalized spacial score (nSPS) is 12.3. The summed E-state index contributed by atoms with van der Waals surface area (Å²) in [6.07, 6.45) is 0.339. The van der Waals surface area contributed by atoms with E-state index in [2.05, 4.69) is 21.2 Å². The molecule has 8 nitrogen and oxygen atoms in total. The summed E-state index contributed by atoms with van der Waals surface area (Å²) < 4.78 is 34.7. The van der Waals surface area contributed by atoms with Crippen LogP contribution < -0.4 is 14.4 Å². The fourth-order valence-corrected chi connectivity index (χ4v) is 5.99. The van der Waals surface area contributed by atoms with Gasteiger partial charge < -0.3 is 15.0 Å². The van der Waals surface area contributed by atoms with Crippen LogP contribution in [-0.4, -0.2) is 50.4 Å². The van der Waals surface area contributed by atoms with Gasteiger partial charge in [0, 0.05) is 16.6 Å². The second-order valence-electron chi connectivity index (χ2n) is 10.3. The number of rotatable bonds is 11. The Kier molecular flexibility index (Phi) is 10.4. The first-order chi connectivity index (χ1) is 18.9. The quantitative estimate of drug-likeness (QED) is 0.307. The lowest BCUT2D eigenvalue weighted by Gasteiger charge is -2.34. The zero-order chi connectivity index (χ0) is 29.5. The van der Waals surface area contributed by atoms with Gasteiger partial charge in [0.05, 0.1) is 17.7 Å². The number of nitrogens with one attached hydrogen (secondary N) is 1. The number of hydrogen-bond acceptors (Lipinski definition) is 5. The minimum absolute atomic E-state index is 0.0574. The summed E-state index contributed by atoms with van der Waals surface area (Å²) in [5.74, 6) is -0.156. The molecule has 0 aromatic heterocycles. The molecule has 0 saturated carbocycles. The molecule has 3 aromatic rings. The van der Waals surface area contributed by atoms with E-state index in [-0.39, 0.29) is 17.3 Å². The minimum Gasteiger partial charge on any atom is -0.497 e. The molecule has 0 heterocycles. The number of hydrogen-bond donors (Lipinski definition) is 1. The number of anilines is 1. The molecule has 0 radical (unpaired) electrons. The zero-order valence-electron chi connectivity index (χ0n) is 23.4. The number of carbonyl (C=O) groups excluding carboxylic acids is 2. The van der Waals surface area contributed by atoms with Crippen LogP contribution in [0.2, 0.25) is 0 Å². The lowest BCUT2D eigenvalue weighted by Crippen LogP contribution is -2.55. The topological polar surface area (TPSA) is 96.0 Å². The van der Waals surface area contributed by atoms with Crippen molar-refractivity contribution in [3.8, 4) is 5.75 Å². The number of methoxy groups -OCH3 is 1. The maximum atomic E-state index is 14.1. The molecular weight excluding hydrogens is 594 g/mol. The molecule has 0 unspecified atom stereocenters. The number of ether oxygens (including phenoxy) is 1. The Labute approximate surface area is 245 Å². The van der Waals surface area contributed by atoms with Gasteiger partial charge in [-0.05, 0) is 75.2 Å². The largest absolute Gasteiger partial charge is 0.497 e. The summed E-state index contributed by atoms with van der Waals surface area (Å²) >= 11 is 3.41. The molecule has 0 aliphatic carbocycles. The van der Waals surface area contributed by atoms with Crippen LogP contribution in [0, 0.1) is 0 Å². The third kappa shape index (κ3) is 8.08. The molecule has 3 rings (SSSR count). The van der Waals surface area contributed by atoms with Gasteiger partial charge in [-0.15, -0.1) is 0 Å². The van der Waals surface area contributed by atoms with Crippen molar-refractivity contribution in [1.29, 1.82) is 0 Å². The molecule has 0 bridgehead atoms. The van der Waals surface area contributed by atoms with Crippen LogP contribution >= 0.6 is 15.9 Å². The Hall–Kier alpha value is -3.37. The van der Waals surface area contributed by atoms with Gasteiger partial charge in [-0.2, -0.15) is 0 Å². The Bertz CT molecular complexity index is 1410. The first kappa shape index (κ1) is 31.2. The van der Waals surface area contributed by atoms with Crippen molar-refractivity contribution >= 4 is 43.5 Å². The van der Waals surface area contributed by atoms with Gasteiger partial charge in [-0.25, -0.2) is 8.42 Å². The van der Waals surface area contributed by atoms with Gasteiger partial charge >= 0.3 is 0 Å². The van der Waals surface area contributed by atoms with Gasteiger partial charge in [-0.1, -0.05) is 59.3 Å². The summed E-state index contributed by atoms with van der Waals surface area (Å²) in [6, 6.07) is 21.1. The highest BCUT2D eigenvalue weighted by atomic mass is 79.9. The molecule has 0 fully saturated rings. The maximum Gasteiger partial charge on any atom is 0.264 e.